The van der Waals surface area contributed by atoms with E-state index in [1.54, 1.807) is 0 Å². The first-order valence-electron chi connectivity index (χ1n) is 4.99. The van der Waals surface area contributed by atoms with E-state index >= 15 is 0 Å². The maximum atomic E-state index is 11.0. The number of amides is 1. The molecule has 1 amide bonds. The Morgan fingerprint density at radius 1 is 1.40 bits per heavy atom. The van der Waals surface area contributed by atoms with Gasteiger partial charge in [0.25, 0.3) is 5.91 Å². The van der Waals surface area contributed by atoms with E-state index < -0.39 is 5.91 Å². The van der Waals surface area contributed by atoms with Crippen LogP contribution in [0.5, 0.6) is 5.88 Å². The van der Waals surface area contributed by atoms with E-state index in [2.05, 4.69) is 16.9 Å². The summed E-state index contributed by atoms with van der Waals surface area (Å²) >= 11 is 0. The molecular formula is C10H15N3O2. The van der Waals surface area contributed by atoms with Crippen molar-refractivity contribution in [2.75, 3.05) is 6.61 Å². The molecule has 0 fully saturated rings. The third-order valence-electron chi connectivity index (χ3n) is 1.88. The zero-order valence-electron chi connectivity index (χ0n) is 8.77. The molecule has 0 atom stereocenters. The average molecular weight is 209 g/mol. The lowest BCUT2D eigenvalue weighted by molar-refractivity contribution is 0.0990. The van der Waals surface area contributed by atoms with E-state index in [1.165, 1.54) is 12.4 Å². The van der Waals surface area contributed by atoms with Crippen molar-refractivity contribution in [2.45, 2.75) is 26.2 Å². The molecule has 0 aliphatic heterocycles. The minimum absolute atomic E-state index is 0.0917. The quantitative estimate of drug-likeness (QED) is 0.713. The maximum absolute atomic E-state index is 11.0. The molecule has 82 valence electrons. The number of primary amides is 1. The van der Waals surface area contributed by atoms with Gasteiger partial charge in [0.05, 0.1) is 6.61 Å². The molecule has 0 unspecified atom stereocenters. The molecule has 0 aromatic carbocycles. The van der Waals surface area contributed by atoms with Crippen molar-refractivity contribution in [3.8, 4) is 5.88 Å². The van der Waals surface area contributed by atoms with Gasteiger partial charge in [0.1, 0.15) is 0 Å². The van der Waals surface area contributed by atoms with Crippen molar-refractivity contribution in [1.82, 2.24) is 9.97 Å². The Morgan fingerprint density at radius 3 is 2.80 bits per heavy atom. The van der Waals surface area contributed by atoms with Gasteiger partial charge < -0.3 is 10.5 Å². The van der Waals surface area contributed by atoms with Crippen LogP contribution in [-0.2, 0) is 0 Å². The third-order valence-corrected chi connectivity index (χ3v) is 1.88. The number of unbranched alkanes of at least 4 members (excludes halogenated alkanes) is 2. The highest BCUT2D eigenvalue weighted by Gasteiger charge is 2.11. The van der Waals surface area contributed by atoms with Gasteiger partial charge in [-0.15, -0.1) is 0 Å². The Bertz CT molecular complexity index is 328. The Labute approximate surface area is 88.7 Å². The Kier molecular flexibility index (Phi) is 4.53. The largest absolute Gasteiger partial charge is 0.476 e. The van der Waals surface area contributed by atoms with Gasteiger partial charge in [-0.3, -0.25) is 4.79 Å². The molecule has 0 aliphatic carbocycles. The van der Waals surface area contributed by atoms with Gasteiger partial charge in [-0.2, -0.15) is 0 Å². The monoisotopic (exact) mass is 209 g/mol. The predicted molar refractivity (Wildman–Crippen MR) is 55.6 cm³/mol. The van der Waals surface area contributed by atoms with Gasteiger partial charge >= 0.3 is 0 Å². The second-order valence-electron chi connectivity index (χ2n) is 3.13. The summed E-state index contributed by atoms with van der Waals surface area (Å²) in [6.07, 6.45) is 6.03. The third kappa shape index (κ3) is 3.53. The number of nitrogens with two attached hydrogens (primary N) is 1. The number of carbonyl (C=O) groups is 1. The molecule has 15 heavy (non-hydrogen) atoms. The lowest BCUT2D eigenvalue weighted by Crippen LogP contribution is -2.16. The second-order valence-corrected chi connectivity index (χ2v) is 3.13. The molecule has 0 saturated heterocycles. The van der Waals surface area contributed by atoms with Crippen LogP contribution in [-0.4, -0.2) is 22.5 Å². The fourth-order valence-electron chi connectivity index (χ4n) is 1.12. The van der Waals surface area contributed by atoms with Crippen LogP contribution in [0.3, 0.4) is 0 Å². The molecule has 5 heteroatoms. The van der Waals surface area contributed by atoms with Gasteiger partial charge in [-0.1, -0.05) is 19.8 Å². The number of hydrogen-bond donors (Lipinski definition) is 1. The molecule has 0 bridgehead atoms. The van der Waals surface area contributed by atoms with Gasteiger partial charge in [0, 0.05) is 12.4 Å². The lowest BCUT2D eigenvalue weighted by atomic mass is 10.3. The summed E-state index contributed by atoms with van der Waals surface area (Å²) in [4.78, 5) is 18.7. The number of hydrogen-bond acceptors (Lipinski definition) is 4. The van der Waals surface area contributed by atoms with E-state index in [9.17, 15) is 4.79 Å². The zero-order chi connectivity index (χ0) is 11.1. The summed E-state index contributed by atoms with van der Waals surface area (Å²) in [6, 6.07) is 0. The highest BCUT2D eigenvalue weighted by molar-refractivity contribution is 5.92. The Morgan fingerprint density at radius 2 is 2.13 bits per heavy atom. The second kappa shape index (κ2) is 5.95. The van der Waals surface area contributed by atoms with Crippen LogP contribution in [0.2, 0.25) is 0 Å². The van der Waals surface area contributed by atoms with Crippen molar-refractivity contribution in [3.05, 3.63) is 18.1 Å². The first-order chi connectivity index (χ1) is 7.25. The van der Waals surface area contributed by atoms with Crippen molar-refractivity contribution in [1.29, 1.82) is 0 Å². The van der Waals surface area contributed by atoms with Crippen molar-refractivity contribution >= 4 is 5.91 Å². The number of carbonyl (C=O) groups excluding carboxylic acids is 1. The number of rotatable bonds is 6. The average Bonchev–Trinajstić information content (AvgIpc) is 2.25. The highest BCUT2D eigenvalue weighted by atomic mass is 16.5. The summed E-state index contributed by atoms with van der Waals surface area (Å²) < 4.78 is 5.33. The molecule has 1 aromatic rings. The van der Waals surface area contributed by atoms with E-state index in [-0.39, 0.29) is 11.6 Å². The van der Waals surface area contributed by atoms with Gasteiger partial charge in [-0.25, -0.2) is 9.97 Å². The molecule has 1 rings (SSSR count). The summed E-state index contributed by atoms with van der Waals surface area (Å²) in [5, 5.41) is 0. The van der Waals surface area contributed by atoms with Crippen LogP contribution in [0, 0.1) is 0 Å². The van der Waals surface area contributed by atoms with Crippen LogP contribution < -0.4 is 10.5 Å². The molecule has 0 spiro atoms. The standard InChI is InChI=1S/C10H15N3O2/c1-2-3-4-7-15-10-8(9(11)14)12-5-6-13-10/h5-6H,2-4,7H2,1H3,(H2,11,14). The summed E-state index contributed by atoms with van der Waals surface area (Å²) in [7, 11) is 0. The Hall–Kier alpha value is -1.65. The van der Waals surface area contributed by atoms with Crippen LogP contribution in [0.4, 0.5) is 0 Å². The Balaban J connectivity index is 2.56. The van der Waals surface area contributed by atoms with E-state index in [0.29, 0.717) is 6.61 Å². The van der Waals surface area contributed by atoms with Crippen molar-refractivity contribution in [2.24, 2.45) is 5.73 Å². The zero-order valence-corrected chi connectivity index (χ0v) is 8.77. The van der Waals surface area contributed by atoms with E-state index in [4.69, 9.17) is 10.5 Å². The van der Waals surface area contributed by atoms with E-state index in [0.717, 1.165) is 19.3 Å². The van der Waals surface area contributed by atoms with Crippen LogP contribution in [0.15, 0.2) is 12.4 Å². The first-order valence-corrected chi connectivity index (χ1v) is 4.99. The maximum Gasteiger partial charge on any atom is 0.272 e. The molecule has 1 heterocycles. The van der Waals surface area contributed by atoms with E-state index in [1.807, 2.05) is 0 Å². The van der Waals surface area contributed by atoms with Gasteiger partial charge in [0.2, 0.25) is 5.88 Å². The summed E-state index contributed by atoms with van der Waals surface area (Å²) in [5.74, 6) is -0.394. The molecule has 0 aliphatic rings. The topological polar surface area (TPSA) is 78.1 Å². The number of aromatic nitrogens is 2. The predicted octanol–water partition coefficient (Wildman–Crippen LogP) is 1.14. The highest BCUT2D eigenvalue weighted by Crippen LogP contribution is 2.10. The minimum Gasteiger partial charge on any atom is -0.476 e. The fraction of sp³-hybridized carbons (Fsp3) is 0.500. The van der Waals surface area contributed by atoms with Crippen LogP contribution >= 0.6 is 0 Å². The normalized spacial score (nSPS) is 9.93. The molecule has 0 radical (unpaired) electrons. The molecule has 2 N–H and O–H groups in total. The molecule has 0 saturated carbocycles. The SMILES string of the molecule is CCCCCOc1nccnc1C(N)=O. The fourth-order valence-corrected chi connectivity index (χ4v) is 1.12. The lowest BCUT2D eigenvalue weighted by Gasteiger charge is -2.06. The van der Waals surface area contributed by atoms with Gasteiger partial charge in [-0.05, 0) is 6.42 Å². The van der Waals surface area contributed by atoms with Crippen LogP contribution in [0.25, 0.3) is 0 Å². The minimum atomic E-state index is -0.617. The summed E-state index contributed by atoms with van der Waals surface area (Å²) in [5.41, 5.74) is 5.22. The van der Waals surface area contributed by atoms with Crippen LogP contribution in [0.1, 0.15) is 36.7 Å². The van der Waals surface area contributed by atoms with Crippen molar-refractivity contribution < 1.29 is 9.53 Å². The van der Waals surface area contributed by atoms with Gasteiger partial charge in [0.15, 0.2) is 5.69 Å². The molecular weight excluding hydrogens is 194 g/mol. The first kappa shape index (κ1) is 11.4. The van der Waals surface area contributed by atoms with Crippen molar-refractivity contribution in [3.63, 3.8) is 0 Å². The smallest absolute Gasteiger partial charge is 0.272 e. The summed E-state index contributed by atoms with van der Waals surface area (Å²) in [6.45, 7) is 2.64. The molecule has 5 nitrogen and oxygen atoms in total. The number of nitrogens with zero attached hydrogens (tertiary/aromatic N) is 2. The molecule has 1 aromatic heterocycles. The number of ether oxygens (including phenoxy) is 1.